The van der Waals surface area contributed by atoms with Crippen molar-refractivity contribution in [3.8, 4) is 0 Å². The molecule has 1 aliphatic rings. The number of carboxylic acids is 1. The van der Waals surface area contributed by atoms with E-state index in [2.05, 4.69) is 9.97 Å². The van der Waals surface area contributed by atoms with Crippen LogP contribution in [0.25, 0.3) is 11.0 Å². The molecule has 18 heavy (non-hydrogen) atoms. The lowest BCUT2D eigenvalue weighted by Crippen LogP contribution is -2.19. The lowest BCUT2D eigenvalue weighted by atomic mass is 10.2. The highest BCUT2D eigenvalue weighted by Gasteiger charge is 2.27. The molecule has 0 unspecified atom stereocenters. The quantitative estimate of drug-likeness (QED) is 0.831. The first kappa shape index (κ1) is 11.2. The van der Waals surface area contributed by atoms with Crippen molar-refractivity contribution < 1.29 is 9.90 Å². The Morgan fingerprint density at radius 1 is 1.50 bits per heavy atom. The monoisotopic (exact) mass is 265 g/mol. The molecule has 1 saturated carbocycles. The minimum absolute atomic E-state index is 0.0411. The van der Waals surface area contributed by atoms with Gasteiger partial charge in [-0.05, 0) is 24.4 Å². The van der Waals surface area contributed by atoms with Crippen molar-refractivity contribution in [2.45, 2.75) is 18.9 Å². The van der Waals surface area contributed by atoms with Crippen molar-refractivity contribution in [3.63, 3.8) is 0 Å². The molecule has 2 aromatic rings. The summed E-state index contributed by atoms with van der Waals surface area (Å²) in [6.07, 6.45) is 4.50. The second-order valence-corrected chi connectivity index (χ2v) is 4.53. The van der Waals surface area contributed by atoms with Gasteiger partial charge in [-0.15, -0.1) is 0 Å². The highest BCUT2D eigenvalue weighted by atomic mass is 35.5. The Morgan fingerprint density at radius 2 is 2.22 bits per heavy atom. The fourth-order valence-corrected chi connectivity index (χ4v) is 2.03. The van der Waals surface area contributed by atoms with Gasteiger partial charge < -0.3 is 9.67 Å². The maximum absolute atomic E-state index is 12.0. The Morgan fingerprint density at radius 3 is 2.83 bits per heavy atom. The van der Waals surface area contributed by atoms with E-state index in [4.69, 9.17) is 16.7 Å². The van der Waals surface area contributed by atoms with Gasteiger partial charge in [-0.1, -0.05) is 0 Å². The summed E-state index contributed by atoms with van der Waals surface area (Å²) in [5.41, 5.74) is -0.445. The van der Waals surface area contributed by atoms with E-state index in [9.17, 15) is 9.59 Å². The third-order valence-electron chi connectivity index (χ3n) is 2.91. The fourth-order valence-electron chi connectivity index (χ4n) is 1.90. The molecule has 7 heteroatoms. The van der Waals surface area contributed by atoms with Crippen molar-refractivity contribution in [1.29, 1.82) is 0 Å². The highest BCUT2D eigenvalue weighted by molar-refractivity contribution is 6.28. The largest absolute Gasteiger partial charge is 0.477 e. The zero-order valence-electron chi connectivity index (χ0n) is 9.13. The van der Waals surface area contributed by atoms with Crippen LogP contribution in [0, 0.1) is 0 Å². The Bertz CT molecular complexity index is 721. The molecule has 0 saturated heterocycles. The molecular formula is C11H8ClN3O3. The standard InChI is InChI=1S/C11H8ClN3O3/c12-11-13-3-6-8(16)7(10(17)18)4-15(5-1-2-5)9(6)14-11/h3-5H,1-2H2,(H,17,18). The van der Waals surface area contributed by atoms with Gasteiger partial charge >= 0.3 is 5.97 Å². The van der Waals surface area contributed by atoms with Crippen LogP contribution in [0.15, 0.2) is 17.2 Å². The van der Waals surface area contributed by atoms with E-state index in [1.807, 2.05) is 0 Å². The third-order valence-corrected chi connectivity index (χ3v) is 3.09. The number of carboxylic acid groups (broad SMARTS) is 1. The molecule has 0 amide bonds. The molecule has 0 atom stereocenters. The average Bonchev–Trinajstić information content (AvgIpc) is 3.13. The predicted molar refractivity (Wildman–Crippen MR) is 64.0 cm³/mol. The first-order valence-corrected chi connectivity index (χ1v) is 5.76. The summed E-state index contributed by atoms with van der Waals surface area (Å²) in [6.45, 7) is 0. The molecule has 3 rings (SSSR count). The van der Waals surface area contributed by atoms with Crippen LogP contribution in [0.4, 0.5) is 0 Å². The van der Waals surface area contributed by atoms with E-state index in [1.54, 1.807) is 4.57 Å². The summed E-state index contributed by atoms with van der Waals surface area (Å²) in [5, 5.41) is 9.25. The number of aromatic carboxylic acids is 1. The van der Waals surface area contributed by atoms with E-state index in [0.717, 1.165) is 12.8 Å². The van der Waals surface area contributed by atoms with Crippen molar-refractivity contribution in [2.75, 3.05) is 0 Å². The predicted octanol–water partition coefficient (Wildman–Crippen LogP) is 1.48. The van der Waals surface area contributed by atoms with Gasteiger partial charge in [0, 0.05) is 18.4 Å². The molecular weight excluding hydrogens is 258 g/mol. The molecule has 2 aromatic heterocycles. The highest BCUT2D eigenvalue weighted by Crippen LogP contribution is 2.36. The topological polar surface area (TPSA) is 85.1 Å². The van der Waals surface area contributed by atoms with Gasteiger partial charge in [0.05, 0.1) is 5.39 Å². The summed E-state index contributed by atoms with van der Waals surface area (Å²) >= 11 is 5.72. The van der Waals surface area contributed by atoms with E-state index in [-0.39, 0.29) is 22.3 Å². The van der Waals surface area contributed by atoms with Crippen molar-refractivity contribution in [1.82, 2.24) is 14.5 Å². The molecule has 0 aliphatic heterocycles. The van der Waals surface area contributed by atoms with Crippen LogP contribution >= 0.6 is 11.6 Å². The number of aromatic nitrogens is 3. The molecule has 6 nitrogen and oxygen atoms in total. The van der Waals surface area contributed by atoms with E-state index in [0.29, 0.717) is 5.65 Å². The average molecular weight is 266 g/mol. The molecule has 0 radical (unpaired) electrons. The fraction of sp³-hybridized carbons (Fsp3) is 0.273. The minimum atomic E-state index is -1.24. The molecule has 0 aromatic carbocycles. The van der Waals surface area contributed by atoms with Crippen LogP contribution in [0.2, 0.25) is 5.28 Å². The zero-order chi connectivity index (χ0) is 12.9. The van der Waals surface area contributed by atoms with Crippen LogP contribution in [-0.2, 0) is 0 Å². The molecule has 92 valence electrons. The molecule has 0 spiro atoms. The van der Waals surface area contributed by atoms with Gasteiger partial charge in [-0.2, -0.15) is 4.98 Å². The zero-order valence-corrected chi connectivity index (χ0v) is 9.89. The normalized spacial score (nSPS) is 14.9. The number of hydrogen-bond acceptors (Lipinski definition) is 4. The van der Waals surface area contributed by atoms with Gasteiger partial charge in [0.15, 0.2) is 0 Å². The first-order valence-electron chi connectivity index (χ1n) is 5.38. The second-order valence-electron chi connectivity index (χ2n) is 4.19. The summed E-state index contributed by atoms with van der Waals surface area (Å²) in [5.74, 6) is -1.24. The number of halogens is 1. The first-order chi connectivity index (χ1) is 8.58. The lowest BCUT2D eigenvalue weighted by Gasteiger charge is -2.09. The second kappa shape index (κ2) is 3.78. The SMILES string of the molecule is O=C(O)c1cn(C2CC2)c2nc(Cl)ncc2c1=O. The lowest BCUT2D eigenvalue weighted by molar-refractivity contribution is 0.0695. The van der Waals surface area contributed by atoms with Crippen molar-refractivity contribution >= 4 is 28.6 Å². The number of carbonyl (C=O) groups is 1. The summed E-state index contributed by atoms with van der Waals surface area (Å²) in [6, 6.07) is 0.192. The maximum Gasteiger partial charge on any atom is 0.341 e. The van der Waals surface area contributed by atoms with Crippen LogP contribution < -0.4 is 5.43 Å². The van der Waals surface area contributed by atoms with Crippen molar-refractivity contribution in [2.24, 2.45) is 0 Å². The van der Waals surface area contributed by atoms with Crippen molar-refractivity contribution in [3.05, 3.63) is 33.5 Å². The number of pyridine rings is 1. The number of rotatable bonds is 2. The molecule has 0 bridgehead atoms. The van der Waals surface area contributed by atoms with Crippen LogP contribution in [0.3, 0.4) is 0 Å². The number of hydrogen-bond donors (Lipinski definition) is 1. The van der Waals surface area contributed by atoms with E-state index < -0.39 is 11.4 Å². The summed E-state index contributed by atoms with van der Waals surface area (Å²) in [4.78, 5) is 30.8. The summed E-state index contributed by atoms with van der Waals surface area (Å²) in [7, 11) is 0. The van der Waals surface area contributed by atoms with Gasteiger partial charge in [0.25, 0.3) is 0 Å². The Labute approximate surface area is 106 Å². The third kappa shape index (κ3) is 1.65. The van der Waals surface area contributed by atoms with Gasteiger partial charge in [-0.25, -0.2) is 9.78 Å². The smallest absolute Gasteiger partial charge is 0.341 e. The van der Waals surface area contributed by atoms with Crippen LogP contribution in [0.5, 0.6) is 0 Å². The maximum atomic E-state index is 12.0. The molecule has 1 fully saturated rings. The Kier molecular flexibility index (Phi) is 2.34. The van der Waals surface area contributed by atoms with Crippen LogP contribution in [-0.4, -0.2) is 25.6 Å². The molecule has 1 N–H and O–H groups in total. The number of fused-ring (bicyclic) bond motifs is 1. The minimum Gasteiger partial charge on any atom is -0.477 e. The number of nitrogens with zero attached hydrogens (tertiary/aromatic N) is 3. The summed E-state index contributed by atoms with van der Waals surface area (Å²) < 4.78 is 1.70. The molecule has 2 heterocycles. The molecule has 1 aliphatic carbocycles. The van der Waals surface area contributed by atoms with Gasteiger partial charge in [-0.3, -0.25) is 4.79 Å². The van der Waals surface area contributed by atoms with Gasteiger partial charge in [0.2, 0.25) is 10.7 Å². The van der Waals surface area contributed by atoms with Gasteiger partial charge in [0.1, 0.15) is 11.2 Å². The Balaban J connectivity index is 2.43. The Hall–Kier alpha value is -1.95. The van der Waals surface area contributed by atoms with Crippen LogP contribution in [0.1, 0.15) is 29.2 Å². The van der Waals surface area contributed by atoms with E-state index >= 15 is 0 Å². The van der Waals surface area contributed by atoms with E-state index in [1.165, 1.54) is 12.4 Å².